The molecule has 1 saturated heterocycles. The molecule has 0 aliphatic carbocycles. The Bertz CT molecular complexity index is 556. The average Bonchev–Trinajstić information content (AvgIpc) is 2.43. The Morgan fingerprint density at radius 3 is 2.52 bits per heavy atom. The topological polar surface area (TPSA) is 96.5 Å². The van der Waals surface area contributed by atoms with Gasteiger partial charge in [0, 0.05) is 18.2 Å². The van der Waals surface area contributed by atoms with Gasteiger partial charge < -0.3 is 15.4 Å². The number of urea groups is 1. The first kappa shape index (κ1) is 14.8. The molecule has 0 bridgehead atoms. The van der Waals surface area contributed by atoms with E-state index in [9.17, 15) is 14.4 Å². The van der Waals surface area contributed by atoms with E-state index in [0.29, 0.717) is 11.4 Å². The molecule has 0 saturated carbocycles. The van der Waals surface area contributed by atoms with Crippen molar-refractivity contribution in [3.63, 3.8) is 0 Å². The van der Waals surface area contributed by atoms with Crippen molar-refractivity contribution in [3.8, 4) is 5.75 Å². The molecule has 0 radical (unpaired) electrons. The predicted octanol–water partition coefficient (Wildman–Crippen LogP) is 0.868. The number of carbonyl (C=O) groups is 3. The standard InChI is InChI=1S/C14H17N3O4/c1-8-11(13(19)17-14(20)15-8)7-12(18)16-9-3-5-10(21-2)6-4-9/h3-6,8,11H,7H2,1-2H3,(H,16,18)(H2,15,17,19,20). The van der Waals surface area contributed by atoms with Crippen LogP contribution in [0.5, 0.6) is 5.75 Å². The number of ether oxygens (including phenoxy) is 1. The summed E-state index contributed by atoms with van der Waals surface area (Å²) >= 11 is 0. The maximum Gasteiger partial charge on any atom is 0.321 e. The van der Waals surface area contributed by atoms with Gasteiger partial charge in [0.1, 0.15) is 5.75 Å². The normalized spacial score (nSPS) is 21.2. The van der Waals surface area contributed by atoms with Gasteiger partial charge in [0.05, 0.1) is 13.0 Å². The molecule has 1 heterocycles. The highest BCUT2D eigenvalue weighted by Crippen LogP contribution is 2.17. The molecule has 2 atom stereocenters. The van der Waals surface area contributed by atoms with E-state index in [4.69, 9.17) is 4.74 Å². The monoisotopic (exact) mass is 291 g/mol. The van der Waals surface area contributed by atoms with Gasteiger partial charge in [-0.3, -0.25) is 14.9 Å². The molecule has 7 nitrogen and oxygen atoms in total. The molecule has 4 amide bonds. The minimum Gasteiger partial charge on any atom is -0.497 e. The highest BCUT2D eigenvalue weighted by molar-refractivity contribution is 6.01. The van der Waals surface area contributed by atoms with Crippen LogP contribution in [-0.4, -0.2) is 31.0 Å². The van der Waals surface area contributed by atoms with E-state index in [0.717, 1.165) is 0 Å². The molecule has 0 spiro atoms. The summed E-state index contributed by atoms with van der Waals surface area (Å²) in [4.78, 5) is 34.8. The van der Waals surface area contributed by atoms with Gasteiger partial charge in [-0.2, -0.15) is 0 Å². The van der Waals surface area contributed by atoms with Crippen LogP contribution in [0.4, 0.5) is 10.5 Å². The Kier molecular flexibility index (Phi) is 4.42. The quantitative estimate of drug-likeness (QED) is 0.766. The van der Waals surface area contributed by atoms with Crippen molar-refractivity contribution in [2.24, 2.45) is 5.92 Å². The van der Waals surface area contributed by atoms with Crippen LogP contribution in [0.15, 0.2) is 24.3 Å². The van der Waals surface area contributed by atoms with E-state index in [1.54, 1.807) is 38.3 Å². The second-order valence-electron chi connectivity index (χ2n) is 4.84. The summed E-state index contributed by atoms with van der Waals surface area (Å²) in [6, 6.07) is 5.97. The smallest absolute Gasteiger partial charge is 0.321 e. The minimum absolute atomic E-state index is 0.000685. The fourth-order valence-electron chi connectivity index (χ4n) is 2.13. The van der Waals surface area contributed by atoms with E-state index < -0.39 is 17.9 Å². The number of anilines is 1. The average molecular weight is 291 g/mol. The van der Waals surface area contributed by atoms with Gasteiger partial charge in [0.15, 0.2) is 0 Å². The molecule has 2 unspecified atom stereocenters. The molecule has 1 aliphatic rings. The van der Waals surface area contributed by atoms with Gasteiger partial charge in [0.2, 0.25) is 11.8 Å². The van der Waals surface area contributed by atoms with Crippen LogP contribution in [0.3, 0.4) is 0 Å². The summed E-state index contributed by atoms with van der Waals surface area (Å²) in [5.74, 6) is -0.614. The summed E-state index contributed by atoms with van der Waals surface area (Å²) < 4.78 is 5.03. The molecule has 3 N–H and O–H groups in total. The molecule has 112 valence electrons. The van der Waals surface area contributed by atoms with Crippen LogP contribution >= 0.6 is 0 Å². The van der Waals surface area contributed by atoms with Crippen LogP contribution in [-0.2, 0) is 9.59 Å². The first-order valence-corrected chi connectivity index (χ1v) is 6.55. The third-order valence-corrected chi connectivity index (χ3v) is 3.31. The van der Waals surface area contributed by atoms with Crippen molar-refractivity contribution < 1.29 is 19.1 Å². The zero-order valence-electron chi connectivity index (χ0n) is 11.8. The van der Waals surface area contributed by atoms with Crippen LogP contribution in [0.25, 0.3) is 0 Å². The number of amides is 4. The predicted molar refractivity (Wildman–Crippen MR) is 75.9 cm³/mol. The van der Waals surface area contributed by atoms with Gasteiger partial charge in [0.25, 0.3) is 0 Å². The summed E-state index contributed by atoms with van der Waals surface area (Å²) in [6.45, 7) is 1.70. The van der Waals surface area contributed by atoms with Gasteiger partial charge in [-0.25, -0.2) is 4.79 Å². The number of nitrogens with one attached hydrogen (secondary N) is 3. The second kappa shape index (κ2) is 6.25. The zero-order chi connectivity index (χ0) is 15.4. The van der Waals surface area contributed by atoms with Crippen molar-refractivity contribution >= 4 is 23.5 Å². The molecule has 21 heavy (non-hydrogen) atoms. The van der Waals surface area contributed by atoms with Crippen molar-refractivity contribution in [2.75, 3.05) is 12.4 Å². The van der Waals surface area contributed by atoms with E-state index in [1.807, 2.05) is 0 Å². The number of hydrogen-bond acceptors (Lipinski definition) is 4. The third-order valence-electron chi connectivity index (χ3n) is 3.31. The van der Waals surface area contributed by atoms with Crippen molar-refractivity contribution in [2.45, 2.75) is 19.4 Å². The number of hydrogen-bond donors (Lipinski definition) is 3. The van der Waals surface area contributed by atoms with E-state index in [2.05, 4.69) is 16.0 Å². The molecule has 0 aromatic heterocycles. The minimum atomic E-state index is -0.582. The largest absolute Gasteiger partial charge is 0.497 e. The molecule has 1 fully saturated rings. The number of benzene rings is 1. The van der Waals surface area contributed by atoms with Gasteiger partial charge >= 0.3 is 6.03 Å². The molecule has 1 aromatic rings. The Morgan fingerprint density at radius 2 is 1.95 bits per heavy atom. The highest BCUT2D eigenvalue weighted by atomic mass is 16.5. The molecular formula is C14H17N3O4. The third kappa shape index (κ3) is 3.71. The van der Waals surface area contributed by atoms with Gasteiger partial charge in [-0.1, -0.05) is 0 Å². The summed E-state index contributed by atoms with van der Waals surface area (Å²) in [5, 5.41) is 7.44. The van der Waals surface area contributed by atoms with E-state index in [-0.39, 0.29) is 18.4 Å². The maximum atomic E-state index is 12.0. The number of carbonyl (C=O) groups excluding carboxylic acids is 3. The lowest BCUT2D eigenvalue weighted by Crippen LogP contribution is -2.57. The van der Waals surface area contributed by atoms with Gasteiger partial charge in [-0.15, -0.1) is 0 Å². The molecule has 2 rings (SSSR count). The number of rotatable bonds is 4. The molecule has 7 heteroatoms. The number of imide groups is 1. The number of methoxy groups -OCH3 is 1. The first-order valence-electron chi connectivity index (χ1n) is 6.55. The lowest BCUT2D eigenvalue weighted by atomic mass is 9.94. The van der Waals surface area contributed by atoms with Crippen LogP contribution in [0.2, 0.25) is 0 Å². The lowest BCUT2D eigenvalue weighted by Gasteiger charge is -2.28. The Labute approximate surface area is 122 Å². The Balaban J connectivity index is 1.94. The molecule has 1 aromatic carbocycles. The highest BCUT2D eigenvalue weighted by Gasteiger charge is 2.33. The summed E-state index contributed by atoms with van der Waals surface area (Å²) in [7, 11) is 1.56. The SMILES string of the molecule is COc1ccc(NC(=O)CC2C(=O)NC(=O)NC2C)cc1. The van der Waals surface area contributed by atoms with Crippen LogP contribution < -0.4 is 20.7 Å². The van der Waals surface area contributed by atoms with Crippen LogP contribution in [0, 0.1) is 5.92 Å². The Morgan fingerprint density at radius 1 is 1.29 bits per heavy atom. The summed E-state index contributed by atoms with van der Waals surface area (Å²) in [6.07, 6.45) is -0.000685. The Hall–Kier alpha value is -2.57. The summed E-state index contributed by atoms with van der Waals surface area (Å²) in [5.41, 5.74) is 0.619. The lowest BCUT2D eigenvalue weighted by molar-refractivity contribution is -0.129. The zero-order valence-corrected chi connectivity index (χ0v) is 11.8. The van der Waals surface area contributed by atoms with Crippen LogP contribution in [0.1, 0.15) is 13.3 Å². The van der Waals surface area contributed by atoms with E-state index >= 15 is 0 Å². The molecule has 1 aliphatic heterocycles. The van der Waals surface area contributed by atoms with Crippen molar-refractivity contribution in [1.29, 1.82) is 0 Å². The van der Waals surface area contributed by atoms with E-state index in [1.165, 1.54) is 0 Å². The maximum absolute atomic E-state index is 12.0. The van der Waals surface area contributed by atoms with Gasteiger partial charge in [-0.05, 0) is 31.2 Å². The fraction of sp³-hybridized carbons (Fsp3) is 0.357. The molecular weight excluding hydrogens is 274 g/mol. The van der Waals surface area contributed by atoms with Crippen molar-refractivity contribution in [3.05, 3.63) is 24.3 Å². The first-order chi connectivity index (χ1) is 9.99. The van der Waals surface area contributed by atoms with Crippen molar-refractivity contribution in [1.82, 2.24) is 10.6 Å². The second-order valence-corrected chi connectivity index (χ2v) is 4.84. The fourth-order valence-corrected chi connectivity index (χ4v) is 2.13.